The molecule has 5 nitrogen and oxygen atoms in total. The van der Waals surface area contributed by atoms with Crippen LogP contribution in [0.25, 0.3) is 0 Å². The maximum Gasteiger partial charge on any atom is 0.242 e. The summed E-state index contributed by atoms with van der Waals surface area (Å²) in [6, 6.07) is 7.50. The number of carbonyl (C=O) groups is 1. The molecule has 0 aliphatic rings. The number of nitrogens with zero attached hydrogens (tertiary/aromatic N) is 1. The molecular formula is C15H20N2O3S. The smallest absolute Gasteiger partial charge is 0.242 e. The highest BCUT2D eigenvalue weighted by Gasteiger charge is 2.27. The lowest BCUT2D eigenvalue weighted by atomic mass is 10.1. The Bertz CT molecular complexity index is 660. The summed E-state index contributed by atoms with van der Waals surface area (Å²) < 4.78 is 24.0. The molecule has 1 aromatic carbocycles. The number of rotatable bonds is 6. The molecule has 1 atom stereocenters. The summed E-state index contributed by atoms with van der Waals surface area (Å²) in [5.74, 6) is -0.692. The molecule has 6 heteroatoms. The highest BCUT2D eigenvalue weighted by atomic mass is 32.2. The van der Waals surface area contributed by atoms with E-state index in [1.807, 2.05) is 38.1 Å². The van der Waals surface area contributed by atoms with Crippen LogP contribution in [-0.2, 0) is 14.6 Å². The van der Waals surface area contributed by atoms with E-state index < -0.39 is 21.0 Å². The Labute approximate surface area is 125 Å². The van der Waals surface area contributed by atoms with Gasteiger partial charge in [0.2, 0.25) is 5.91 Å². The average Bonchev–Trinajstić information content (AvgIpc) is 2.42. The molecule has 1 N–H and O–H groups in total. The summed E-state index contributed by atoms with van der Waals surface area (Å²) >= 11 is 0. The van der Waals surface area contributed by atoms with Gasteiger partial charge in [0, 0.05) is 12.1 Å². The molecule has 0 aliphatic carbocycles. The molecule has 1 amide bonds. The van der Waals surface area contributed by atoms with Crippen LogP contribution < -0.4 is 5.32 Å². The minimum absolute atomic E-state index is 0.151. The largest absolute Gasteiger partial charge is 0.325 e. The first-order valence-electron chi connectivity index (χ1n) is 6.74. The van der Waals surface area contributed by atoms with E-state index in [4.69, 9.17) is 5.26 Å². The molecular weight excluding hydrogens is 288 g/mol. The second-order valence-electron chi connectivity index (χ2n) is 5.08. The van der Waals surface area contributed by atoms with Crippen LogP contribution in [0.15, 0.2) is 18.2 Å². The molecule has 0 aliphatic heterocycles. The molecule has 1 rings (SSSR count). The molecule has 114 valence electrons. The second kappa shape index (κ2) is 7.23. The van der Waals surface area contributed by atoms with Crippen LogP contribution in [0.4, 0.5) is 5.69 Å². The van der Waals surface area contributed by atoms with E-state index in [2.05, 4.69) is 5.32 Å². The van der Waals surface area contributed by atoms with Crippen molar-refractivity contribution in [2.24, 2.45) is 0 Å². The summed E-state index contributed by atoms with van der Waals surface area (Å²) in [7, 11) is -3.54. The fourth-order valence-corrected chi connectivity index (χ4v) is 3.08. The highest BCUT2D eigenvalue weighted by Crippen LogP contribution is 2.17. The minimum Gasteiger partial charge on any atom is -0.325 e. The molecule has 21 heavy (non-hydrogen) atoms. The lowest BCUT2D eigenvalue weighted by Crippen LogP contribution is -2.34. The van der Waals surface area contributed by atoms with Gasteiger partial charge < -0.3 is 5.32 Å². The van der Waals surface area contributed by atoms with Gasteiger partial charge in [0.1, 0.15) is 5.25 Å². The van der Waals surface area contributed by atoms with Gasteiger partial charge in [0.25, 0.3) is 0 Å². The normalized spacial score (nSPS) is 12.5. The summed E-state index contributed by atoms with van der Waals surface area (Å²) in [5.41, 5.74) is 2.49. The van der Waals surface area contributed by atoms with Crippen molar-refractivity contribution >= 4 is 21.4 Å². The van der Waals surface area contributed by atoms with E-state index in [1.54, 1.807) is 0 Å². The number of aryl methyl sites for hydroxylation is 2. The van der Waals surface area contributed by atoms with Crippen molar-refractivity contribution < 1.29 is 13.2 Å². The van der Waals surface area contributed by atoms with Gasteiger partial charge in [-0.3, -0.25) is 4.79 Å². The number of nitriles is 1. The van der Waals surface area contributed by atoms with Crippen molar-refractivity contribution in [1.82, 2.24) is 0 Å². The third-order valence-electron chi connectivity index (χ3n) is 3.28. The summed E-state index contributed by atoms with van der Waals surface area (Å²) in [6.45, 7) is 5.13. The van der Waals surface area contributed by atoms with Gasteiger partial charge in [-0.1, -0.05) is 12.1 Å². The zero-order valence-corrected chi connectivity index (χ0v) is 13.3. The van der Waals surface area contributed by atoms with Crippen molar-refractivity contribution in [2.75, 3.05) is 11.1 Å². The van der Waals surface area contributed by atoms with E-state index >= 15 is 0 Å². The summed E-state index contributed by atoms with van der Waals surface area (Å²) in [5, 5.41) is 9.97. The first-order chi connectivity index (χ1) is 9.77. The zero-order chi connectivity index (χ0) is 16.0. The summed E-state index contributed by atoms with van der Waals surface area (Å²) in [4.78, 5) is 12.1. The molecule has 0 heterocycles. The van der Waals surface area contributed by atoms with Crippen LogP contribution in [0.3, 0.4) is 0 Å². The predicted octanol–water partition coefficient (Wildman–Crippen LogP) is 2.35. The Kier molecular flexibility index (Phi) is 5.91. The Morgan fingerprint density at radius 1 is 1.38 bits per heavy atom. The first kappa shape index (κ1) is 17.2. The van der Waals surface area contributed by atoms with Crippen LogP contribution in [0.2, 0.25) is 0 Å². The fourth-order valence-electron chi connectivity index (χ4n) is 1.80. The molecule has 0 saturated heterocycles. The fraction of sp³-hybridized carbons (Fsp3) is 0.467. The van der Waals surface area contributed by atoms with E-state index in [0.29, 0.717) is 5.69 Å². The molecule has 0 bridgehead atoms. The van der Waals surface area contributed by atoms with Gasteiger partial charge in [0.15, 0.2) is 9.84 Å². The van der Waals surface area contributed by atoms with E-state index in [9.17, 15) is 13.2 Å². The predicted molar refractivity (Wildman–Crippen MR) is 82.6 cm³/mol. The Morgan fingerprint density at radius 2 is 2.05 bits per heavy atom. The number of hydrogen-bond acceptors (Lipinski definition) is 4. The van der Waals surface area contributed by atoms with E-state index in [-0.39, 0.29) is 18.6 Å². The van der Waals surface area contributed by atoms with Crippen LogP contribution in [-0.4, -0.2) is 25.3 Å². The Morgan fingerprint density at radius 3 is 2.67 bits per heavy atom. The maximum absolute atomic E-state index is 12.1. The topological polar surface area (TPSA) is 87.0 Å². The zero-order valence-electron chi connectivity index (χ0n) is 12.5. The first-order valence-corrected chi connectivity index (χ1v) is 8.46. The van der Waals surface area contributed by atoms with Gasteiger partial charge in [0.05, 0.1) is 11.8 Å². The van der Waals surface area contributed by atoms with Crippen LogP contribution in [0.5, 0.6) is 0 Å². The van der Waals surface area contributed by atoms with E-state index in [0.717, 1.165) is 11.1 Å². The Balaban J connectivity index is 2.79. The van der Waals surface area contributed by atoms with Crippen molar-refractivity contribution in [3.8, 4) is 6.07 Å². The highest BCUT2D eigenvalue weighted by molar-refractivity contribution is 7.92. The van der Waals surface area contributed by atoms with Gasteiger partial charge in [-0.05, 0) is 44.4 Å². The number of unbranched alkanes of at least 4 members (excludes halogenated alkanes) is 1. The van der Waals surface area contributed by atoms with Crippen LogP contribution >= 0.6 is 0 Å². The number of anilines is 1. The van der Waals surface area contributed by atoms with E-state index in [1.165, 1.54) is 6.92 Å². The molecule has 0 radical (unpaired) electrons. The van der Waals surface area contributed by atoms with Crippen molar-refractivity contribution in [1.29, 1.82) is 5.26 Å². The van der Waals surface area contributed by atoms with Crippen molar-refractivity contribution in [3.05, 3.63) is 29.3 Å². The molecule has 0 saturated carbocycles. The Hall–Kier alpha value is -1.87. The third kappa shape index (κ3) is 4.87. The number of hydrogen-bond donors (Lipinski definition) is 1. The van der Waals surface area contributed by atoms with Crippen LogP contribution in [0, 0.1) is 25.2 Å². The monoisotopic (exact) mass is 308 g/mol. The quantitative estimate of drug-likeness (QED) is 0.817. The number of amides is 1. The number of carbonyl (C=O) groups excluding carboxylic acids is 1. The molecule has 1 unspecified atom stereocenters. The van der Waals surface area contributed by atoms with Crippen LogP contribution in [0.1, 0.15) is 30.9 Å². The van der Waals surface area contributed by atoms with Gasteiger partial charge >= 0.3 is 0 Å². The minimum atomic E-state index is -3.54. The number of nitrogens with one attached hydrogen (secondary N) is 1. The molecule has 0 spiro atoms. The second-order valence-corrected chi connectivity index (χ2v) is 7.52. The third-order valence-corrected chi connectivity index (χ3v) is 5.43. The number of benzene rings is 1. The maximum atomic E-state index is 12.1. The lowest BCUT2D eigenvalue weighted by molar-refractivity contribution is -0.115. The van der Waals surface area contributed by atoms with Gasteiger partial charge in [-0.2, -0.15) is 5.26 Å². The number of sulfone groups is 1. The lowest BCUT2D eigenvalue weighted by Gasteiger charge is -2.14. The molecule has 0 fully saturated rings. The molecule has 0 aromatic heterocycles. The SMILES string of the molecule is Cc1ccc(C)c(NC(=O)C(C)S(=O)(=O)CCCC#N)c1. The average molecular weight is 308 g/mol. The standard InChI is InChI=1S/C15H20N2O3S/c1-11-6-7-12(2)14(10-11)17-15(18)13(3)21(19,20)9-5-4-8-16/h6-7,10,13H,4-5,9H2,1-3H3,(H,17,18). The van der Waals surface area contributed by atoms with Gasteiger partial charge in [-0.25, -0.2) is 8.42 Å². The summed E-state index contributed by atoms with van der Waals surface area (Å²) in [6.07, 6.45) is 0.421. The molecule has 1 aromatic rings. The van der Waals surface area contributed by atoms with Gasteiger partial charge in [-0.15, -0.1) is 0 Å². The van der Waals surface area contributed by atoms with Crippen molar-refractivity contribution in [2.45, 2.75) is 38.9 Å². The van der Waals surface area contributed by atoms with Crippen molar-refractivity contribution in [3.63, 3.8) is 0 Å².